The van der Waals surface area contributed by atoms with Crippen LogP contribution in [0.15, 0.2) is 0 Å². The predicted molar refractivity (Wildman–Crippen MR) is 63.9 cm³/mol. The summed E-state index contributed by atoms with van der Waals surface area (Å²) in [7, 11) is -4.83. The van der Waals surface area contributed by atoms with Crippen molar-refractivity contribution in [3.05, 3.63) is 0 Å². The van der Waals surface area contributed by atoms with E-state index in [-0.39, 0.29) is 12.8 Å². The van der Waals surface area contributed by atoms with Gasteiger partial charge in [0.05, 0.1) is 6.61 Å². The van der Waals surface area contributed by atoms with Crippen LogP contribution in [-0.4, -0.2) is 46.5 Å². The summed E-state index contributed by atoms with van der Waals surface area (Å²) in [5.74, 6) is -3.46. The lowest BCUT2D eigenvalue weighted by Gasteiger charge is -2.15. The number of hydrogen-bond donors (Lipinski definition) is 5. The second-order valence-corrected chi connectivity index (χ2v) is 5.11. The number of primary amides is 1. The molecule has 0 aromatic rings. The van der Waals surface area contributed by atoms with Gasteiger partial charge in [0, 0.05) is 6.42 Å². The van der Waals surface area contributed by atoms with Gasteiger partial charge in [-0.25, -0.2) is 9.36 Å². The van der Waals surface area contributed by atoms with Crippen LogP contribution in [0.5, 0.6) is 0 Å². The first kappa shape index (κ1) is 18.5. The van der Waals surface area contributed by atoms with Crippen molar-refractivity contribution in [3.63, 3.8) is 0 Å². The van der Waals surface area contributed by atoms with Gasteiger partial charge in [-0.15, -0.1) is 0 Å². The Morgan fingerprint density at radius 2 is 1.75 bits per heavy atom. The van der Waals surface area contributed by atoms with E-state index in [1.165, 1.54) is 0 Å². The number of phosphoric ester groups is 1. The number of rotatable bonds is 9. The molecule has 0 aliphatic rings. The maximum absolute atomic E-state index is 11.3. The zero-order valence-electron chi connectivity index (χ0n) is 10.3. The van der Waals surface area contributed by atoms with Crippen molar-refractivity contribution >= 4 is 25.7 Å². The molecule has 0 fully saturated rings. The molecule has 20 heavy (non-hydrogen) atoms. The number of carbonyl (C=O) groups is 3. The van der Waals surface area contributed by atoms with Crippen molar-refractivity contribution in [3.8, 4) is 0 Å². The van der Waals surface area contributed by atoms with Gasteiger partial charge in [0.2, 0.25) is 5.91 Å². The molecule has 0 heterocycles. The number of hydrogen-bond acceptors (Lipinski definition) is 8. The molecule has 0 aromatic carbocycles. The fourth-order valence-electron chi connectivity index (χ4n) is 0.869. The third-order valence-electron chi connectivity index (χ3n) is 1.94. The average molecular weight is 313 g/mol. The van der Waals surface area contributed by atoms with Crippen LogP contribution in [0.4, 0.5) is 0 Å². The maximum atomic E-state index is 11.3. The van der Waals surface area contributed by atoms with Crippen molar-refractivity contribution in [2.24, 2.45) is 17.2 Å². The topological polar surface area (TPSA) is 205 Å². The Labute approximate surface area is 113 Å². The number of phosphoric acid groups is 1. The summed E-state index contributed by atoms with van der Waals surface area (Å²) in [4.78, 5) is 41.2. The highest BCUT2D eigenvalue weighted by molar-refractivity contribution is 7.48. The quantitative estimate of drug-likeness (QED) is 0.286. The molecule has 1 amide bonds. The molecular formula is C8H16N3O8P. The van der Waals surface area contributed by atoms with Gasteiger partial charge in [-0.3, -0.25) is 19.0 Å². The number of aliphatic carboxylic acids is 1. The number of nitrogens with two attached hydrogens (primary N) is 3. The lowest BCUT2D eigenvalue weighted by atomic mass is 10.2. The Balaban J connectivity index is 4.30. The van der Waals surface area contributed by atoms with Gasteiger partial charge >= 0.3 is 19.8 Å². The molecule has 0 bridgehead atoms. The van der Waals surface area contributed by atoms with E-state index < -0.39 is 44.4 Å². The Morgan fingerprint density at radius 3 is 2.20 bits per heavy atom. The summed E-state index contributed by atoms with van der Waals surface area (Å²) < 4.78 is 19.6. The summed E-state index contributed by atoms with van der Waals surface area (Å²) in [6, 6.07) is -2.91. The summed E-state index contributed by atoms with van der Waals surface area (Å²) in [6.45, 7) is -0.840. The number of carbonyl (C=O) groups excluding carboxylic acids is 2. The van der Waals surface area contributed by atoms with Gasteiger partial charge in [-0.1, -0.05) is 0 Å². The second kappa shape index (κ2) is 7.92. The van der Waals surface area contributed by atoms with E-state index in [1.54, 1.807) is 0 Å². The van der Waals surface area contributed by atoms with Crippen molar-refractivity contribution < 1.29 is 38.0 Å². The fourth-order valence-corrected chi connectivity index (χ4v) is 1.63. The Bertz CT molecular complexity index is 428. The number of carboxylic acids is 1. The smallest absolute Gasteiger partial charge is 0.480 e. The van der Waals surface area contributed by atoms with E-state index >= 15 is 0 Å². The summed E-state index contributed by atoms with van der Waals surface area (Å²) >= 11 is 0. The minimum absolute atomic E-state index is 0.178. The maximum Gasteiger partial charge on any atom is 0.529 e. The molecule has 0 aromatic heterocycles. The highest BCUT2D eigenvalue weighted by Gasteiger charge is 2.31. The monoisotopic (exact) mass is 313 g/mol. The van der Waals surface area contributed by atoms with Crippen LogP contribution in [0.25, 0.3) is 0 Å². The minimum Gasteiger partial charge on any atom is -0.480 e. The van der Waals surface area contributed by atoms with Crippen LogP contribution in [0.1, 0.15) is 12.8 Å². The largest absolute Gasteiger partial charge is 0.529 e. The van der Waals surface area contributed by atoms with Gasteiger partial charge in [0.25, 0.3) is 0 Å². The Kier molecular flexibility index (Phi) is 7.32. The van der Waals surface area contributed by atoms with E-state index in [9.17, 15) is 18.9 Å². The summed E-state index contributed by atoms with van der Waals surface area (Å²) in [5.41, 5.74) is 15.1. The van der Waals surface area contributed by atoms with Crippen molar-refractivity contribution in [2.75, 3.05) is 6.61 Å². The molecule has 3 atom stereocenters. The molecule has 0 rings (SSSR count). The number of carboxylic acid groups (broad SMARTS) is 1. The molecule has 12 heteroatoms. The molecule has 0 saturated heterocycles. The SMILES string of the molecule is NC(=O)CC[C@H](N)C(=O)OP(=O)(O)OC[C@H](N)C(=O)O. The molecule has 8 N–H and O–H groups in total. The van der Waals surface area contributed by atoms with Gasteiger partial charge in [0.1, 0.15) is 12.1 Å². The minimum atomic E-state index is -4.83. The lowest BCUT2D eigenvalue weighted by Crippen LogP contribution is -2.35. The molecule has 1 unspecified atom stereocenters. The van der Waals surface area contributed by atoms with Gasteiger partial charge in [0.15, 0.2) is 0 Å². The van der Waals surface area contributed by atoms with Crippen LogP contribution in [0.2, 0.25) is 0 Å². The van der Waals surface area contributed by atoms with Crippen LogP contribution in [-0.2, 0) is 28.0 Å². The predicted octanol–water partition coefficient (Wildman–Crippen LogP) is -2.35. The van der Waals surface area contributed by atoms with Crippen LogP contribution < -0.4 is 17.2 Å². The van der Waals surface area contributed by atoms with Crippen LogP contribution in [0, 0.1) is 0 Å². The van der Waals surface area contributed by atoms with E-state index in [4.69, 9.17) is 27.2 Å². The van der Waals surface area contributed by atoms with E-state index in [2.05, 4.69) is 9.05 Å². The van der Waals surface area contributed by atoms with Gasteiger partial charge in [-0.05, 0) is 6.42 Å². The Morgan fingerprint density at radius 1 is 1.20 bits per heavy atom. The second-order valence-electron chi connectivity index (χ2n) is 3.73. The zero-order chi connectivity index (χ0) is 15.9. The van der Waals surface area contributed by atoms with Crippen molar-refractivity contribution in [1.29, 1.82) is 0 Å². The van der Waals surface area contributed by atoms with E-state index in [1.807, 2.05) is 0 Å². The third-order valence-corrected chi connectivity index (χ3v) is 2.83. The van der Waals surface area contributed by atoms with Gasteiger partial charge < -0.3 is 26.8 Å². The molecule has 11 nitrogen and oxygen atoms in total. The summed E-state index contributed by atoms with van der Waals surface area (Å²) in [5, 5.41) is 8.42. The van der Waals surface area contributed by atoms with Crippen molar-refractivity contribution in [2.45, 2.75) is 24.9 Å². The normalized spacial score (nSPS) is 16.8. The molecule has 0 saturated carbocycles. The standard InChI is InChI=1S/C8H16N3O8P/c9-4(1-2-6(11)12)8(15)19-20(16,17)18-3-5(10)7(13)14/h4-5H,1-3,9-10H2,(H2,11,12)(H,13,14)(H,16,17)/t4-,5-/m0/s1. The molecule has 0 spiro atoms. The van der Waals surface area contributed by atoms with E-state index in [0.29, 0.717) is 0 Å². The highest BCUT2D eigenvalue weighted by atomic mass is 31.2. The first-order valence-electron chi connectivity index (χ1n) is 5.28. The first-order chi connectivity index (χ1) is 9.05. The summed E-state index contributed by atoms with van der Waals surface area (Å²) in [6.07, 6.45) is -0.389. The van der Waals surface area contributed by atoms with Crippen LogP contribution in [0.3, 0.4) is 0 Å². The molecule has 116 valence electrons. The molecular weight excluding hydrogens is 297 g/mol. The van der Waals surface area contributed by atoms with E-state index in [0.717, 1.165) is 0 Å². The third kappa shape index (κ3) is 7.81. The molecule has 0 aliphatic heterocycles. The average Bonchev–Trinajstić information content (AvgIpc) is 2.32. The number of amides is 1. The highest BCUT2D eigenvalue weighted by Crippen LogP contribution is 2.43. The fraction of sp³-hybridized carbons (Fsp3) is 0.625. The van der Waals surface area contributed by atoms with Gasteiger partial charge in [-0.2, -0.15) is 0 Å². The molecule has 0 radical (unpaired) electrons. The Hall–Kier alpha value is -1.52. The zero-order valence-corrected chi connectivity index (χ0v) is 11.2. The van der Waals surface area contributed by atoms with Crippen LogP contribution >= 0.6 is 7.82 Å². The molecule has 0 aliphatic carbocycles. The lowest BCUT2D eigenvalue weighted by molar-refractivity contribution is -0.139. The first-order valence-corrected chi connectivity index (χ1v) is 6.77. The van der Waals surface area contributed by atoms with Crippen molar-refractivity contribution in [1.82, 2.24) is 0 Å².